The van der Waals surface area contributed by atoms with E-state index in [1.807, 2.05) is 6.07 Å². The molecule has 5 nitrogen and oxygen atoms in total. The molecule has 0 radical (unpaired) electrons. The molecule has 1 aliphatic heterocycles. The highest BCUT2D eigenvalue weighted by molar-refractivity contribution is 7.92. The maximum absolute atomic E-state index is 11.8. The highest BCUT2D eigenvalue weighted by atomic mass is 32.2. The lowest BCUT2D eigenvalue weighted by molar-refractivity contribution is 0.0693. The fourth-order valence-electron chi connectivity index (χ4n) is 1.76. The van der Waals surface area contributed by atoms with E-state index < -0.39 is 10.0 Å². The number of nitrogens with zero attached hydrogens (tertiary/aromatic N) is 1. The highest BCUT2D eigenvalue weighted by Gasteiger charge is 2.28. The van der Waals surface area contributed by atoms with Crippen LogP contribution in [-0.4, -0.2) is 41.0 Å². The second-order valence-electron chi connectivity index (χ2n) is 3.93. The Labute approximate surface area is 101 Å². The Morgan fingerprint density at radius 1 is 1.41 bits per heavy atom. The van der Waals surface area contributed by atoms with Gasteiger partial charge in [0.1, 0.15) is 18.5 Å². The number of ether oxygens (including phenoxy) is 2. The normalized spacial score (nSPS) is 20.4. The summed E-state index contributed by atoms with van der Waals surface area (Å²) in [5, 5.41) is 0. The predicted molar refractivity (Wildman–Crippen MR) is 64.9 cm³/mol. The van der Waals surface area contributed by atoms with Gasteiger partial charge in [0.2, 0.25) is 10.0 Å². The number of anilines is 1. The van der Waals surface area contributed by atoms with Crippen LogP contribution in [0.15, 0.2) is 24.3 Å². The third kappa shape index (κ3) is 2.53. The first-order chi connectivity index (χ1) is 8.02. The van der Waals surface area contributed by atoms with Crippen LogP contribution < -0.4 is 9.04 Å². The van der Waals surface area contributed by atoms with Gasteiger partial charge in [-0.2, -0.15) is 0 Å². The van der Waals surface area contributed by atoms with Gasteiger partial charge in [-0.3, -0.25) is 4.31 Å². The van der Waals surface area contributed by atoms with Crippen LogP contribution in [0.2, 0.25) is 0 Å². The summed E-state index contributed by atoms with van der Waals surface area (Å²) >= 11 is 0. The second-order valence-corrected chi connectivity index (χ2v) is 5.84. The van der Waals surface area contributed by atoms with Gasteiger partial charge in [0.15, 0.2) is 0 Å². The maximum Gasteiger partial charge on any atom is 0.232 e. The summed E-state index contributed by atoms with van der Waals surface area (Å²) in [7, 11) is -1.79. The summed E-state index contributed by atoms with van der Waals surface area (Å²) in [6.45, 7) is 0.617. The molecule has 0 aliphatic carbocycles. The van der Waals surface area contributed by atoms with Gasteiger partial charge >= 0.3 is 0 Å². The van der Waals surface area contributed by atoms with E-state index in [4.69, 9.17) is 9.47 Å². The summed E-state index contributed by atoms with van der Waals surface area (Å²) in [4.78, 5) is 0. The molecule has 0 aromatic heterocycles. The lowest BCUT2D eigenvalue weighted by atomic mass is 10.3. The van der Waals surface area contributed by atoms with Crippen LogP contribution in [0.5, 0.6) is 5.75 Å². The second kappa shape index (κ2) is 4.54. The summed E-state index contributed by atoms with van der Waals surface area (Å²) < 4.78 is 35.6. The number of hydrogen-bond acceptors (Lipinski definition) is 4. The van der Waals surface area contributed by atoms with Crippen LogP contribution in [0.4, 0.5) is 5.69 Å². The van der Waals surface area contributed by atoms with Gasteiger partial charge in [-0.1, -0.05) is 12.1 Å². The topological polar surface area (TPSA) is 55.8 Å². The standard InChI is InChI=1S/C11H15NO4S/c1-15-9-7-12(17(2,13)14)10-5-3-4-6-11(10)16-8-9/h3-6,9H,7-8H2,1-2H3. The van der Waals surface area contributed by atoms with Crippen molar-refractivity contribution in [2.24, 2.45) is 0 Å². The van der Waals surface area contributed by atoms with Crippen molar-refractivity contribution in [3.05, 3.63) is 24.3 Å². The summed E-state index contributed by atoms with van der Waals surface area (Å²) in [5.41, 5.74) is 0.564. The molecule has 1 atom stereocenters. The molecule has 1 aliphatic rings. The Morgan fingerprint density at radius 3 is 2.76 bits per heavy atom. The first-order valence-corrected chi connectivity index (χ1v) is 7.09. The Bertz CT molecular complexity index is 500. The molecule has 1 heterocycles. The van der Waals surface area contributed by atoms with E-state index in [1.165, 1.54) is 10.6 Å². The molecule has 0 saturated heterocycles. The molecule has 6 heteroatoms. The zero-order valence-electron chi connectivity index (χ0n) is 9.79. The van der Waals surface area contributed by atoms with E-state index >= 15 is 0 Å². The van der Waals surface area contributed by atoms with Crippen LogP contribution >= 0.6 is 0 Å². The zero-order valence-corrected chi connectivity index (χ0v) is 10.6. The maximum atomic E-state index is 11.8. The first-order valence-electron chi connectivity index (χ1n) is 5.24. The van der Waals surface area contributed by atoms with E-state index in [0.717, 1.165) is 0 Å². The molecular weight excluding hydrogens is 242 g/mol. The van der Waals surface area contributed by atoms with Crippen molar-refractivity contribution < 1.29 is 17.9 Å². The number of hydrogen-bond donors (Lipinski definition) is 0. The molecule has 1 unspecified atom stereocenters. The first kappa shape index (κ1) is 12.2. The van der Waals surface area contributed by atoms with Crippen LogP contribution in [0.1, 0.15) is 0 Å². The lowest BCUT2D eigenvalue weighted by Crippen LogP contribution is -2.38. The van der Waals surface area contributed by atoms with Crippen molar-refractivity contribution in [3.8, 4) is 5.75 Å². The van der Waals surface area contributed by atoms with Crippen LogP contribution in [0, 0.1) is 0 Å². The van der Waals surface area contributed by atoms with Gasteiger partial charge in [-0.25, -0.2) is 8.42 Å². The Kier molecular flexibility index (Phi) is 3.26. The SMILES string of the molecule is COC1COc2ccccc2N(S(C)(=O)=O)C1. The van der Waals surface area contributed by atoms with E-state index in [0.29, 0.717) is 18.0 Å². The summed E-state index contributed by atoms with van der Waals surface area (Å²) in [6, 6.07) is 7.08. The van der Waals surface area contributed by atoms with Gasteiger partial charge < -0.3 is 9.47 Å². The molecule has 1 aromatic rings. The number of sulfonamides is 1. The van der Waals surface area contributed by atoms with E-state index in [1.54, 1.807) is 25.3 Å². The monoisotopic (exact) mass is 257 g/mol. The number of para-hydroxylation sites is 2. The largest absolute Gasteiger partial charge is 0.489 e. The van der Waals surface area contributed by atoms with Crippen LogP contribution in [0.3, 0.4) is 0 Å². The fraction of sp³-hybridized carbons (Fsp3) is 0.455. The molecule has 0 fully saturated rings. The van der Waals surface area contributed by atoms with Gasteiger partial charge in [0.25, 0.3) is 0 Å². The Hall–Kier alpha value is -1.27. The quantitative estimate of drug-likeness (QED) is 0.788. The average molecular weight is 257 g/mol. The van der Waals surface area contributed by atoms with Crippen molar-refractivity contribution in [3.63, 3.8) is 0 Å². The molecular formula is C11H15NO4S. The molecule has 0 spiro atoms. The number of fused-ring (bicyclic) bond motifs is 1. The highest BCUT2D eigenvalue weighted by Crippen LogP contribution is 2.32. The molecule has 17 heavy (non-hydrogen) atoms. The molecule has 1 aromatic carbocycles. The molecule has 0 amide bonds. The fourth-order valence-corrected chi connectivity index (χ4v) is 2.71. The third-order valence-corrected chi connectivity index (χ3v) is 3.81. The summed E-state index contributed by atoms with van der Waals surface area (Å²) in [6.07, 6.45) is 0.916. The van der Waals surface area contributed by atoms with Crippen molar-refractivity contribution in [2.75, 3.05) is 30.8 Å². The smallest absolute Gasteiger partial charge is 0.232 e. The Balaban J connectivity index is 2.46. The Morgan fingerprint density at radius 2 is 2.12 bits per heavy atom. The number of methoxy groups -OCH3 is 1. The van der Waals surface area contributed by atoms with Crippen molar-refractivity contribution in [1.82, 2.24) is 0 Å². The third-order valence-electron chi connectivity index (χ3n) is 2.66. The van der Waals surface area contributed by atoms with Gasteiger partial charge in [-0.05, 0) is 12.1 Å². The number of benzene rings is 1. The molecule has 2 rings (SSSR count). The van der Waals surface area contributed by atoms with E-state index in [2.05, 4.69) is 0 Å². The minimum absolute atomic E-state index is 0.267. The number of rotatable bonds is 2. The van der Waals surface area contributed by atoms with Gasteiger partial charge in [0, 0.05) is 7.11 Å². The van der Waals surface area contributed by atoms with Gasteiger partial charge in [0.05, 0.1) is 18.5 Å². The zero-order chi connectivity index (χ0) is 12.5. The van der Waals surface area contributed by atoms with Crippen molar-refractivity contribution >= 4 is 15.7 Å². The predicted octanol–water partition coefficient (Wildman–Crippen LogP) is 0.860. The van der Waals surface area contributed by atoms with E-state index in [-0.39, 0.29) is 12.6 Å². The van der Waals surface area contributed by atoms with Gasteiger partial charge in [-0.15, -0.1) is 0 Å². The minimum Gasteiger partial charge on any atom is -0.489 e. The minimum atomic E-state index is -3.33. The van der Waals surface area contributed by atoms with E-state index in [9.17, 15) is 8.42 Å². The molecule has 94 valence electrons. The molecule has 0 N–H and O–H groups in total. The van der Waals surface area contributed by atoms with Crippen molar-refractivity contribution in [1.29, 1.82) is 0 Å². The molecule has 0 saturated carbocycles. The average Bonchev–Trinajstić information content (AvgIpc) is 2.47. The lowest BCUT2D eigenvalue weighted by Gasteiger charge is -2.23. The van der Waals surface area contributed by atoms with Crippen LogP contribution in [-0.2, 0) is 14.8 Å². The van der Waals surface area contributed by atoms with Crippen LogP contribution in [0.25, 0.3) is 0 Å². The van der Waals surface area contributed by atoms with Crippen molar-refractivity contribution in [2.45, 2.75) is 6.10 Å². The summed E-state index contributed by atoms with van der Waals surface area (Å²) in [5.74, 6) is 0.567. The molecule has 0 bridgehead atoms.